The van der Waals surface area contributed by atoms with Crippen LogP contribution >= 0.6 is 0 Å². The lowest BCUT2D eigenvalue weighted by atomic mass is 9.90. The van der Waals surface area contributed by atoms with E-state index in [4.69, 9.17) is 19.0 Å². The van der Waals surface area contributed by atoms with E-state index < -0.39 is 11.8 Å². The average molecular weight is 531 g/mol. The fraction of sp³-hybridized carbons (Fsp3) is 0.357. The molecule has 2 aromatic heterocycles. The number of hydrogen-bond donors (Lipinski definition) is 1. The topological polar surface area (TPSA) is 113 Å². The van der Waals surface area contributed by atoms with Crippen LogP contribution in [0.4, 0.5) is 5.82 Å². The number of likely N-dealkylation sites (N-methyl/N-ethyl adjacent to an activating group) is 1. The first-order chi connectivity index (χ1) is 19.1. The van der Waals surface area contributed by atoms with Crippen molar-refractivity contribution in [1.82, 2.24) is 24.6 Å². The Hall–Kier alpha value is -3.74. The molecule has 1 N–H and O–H groups in total. The second-order valence-corrected chi connectivity index (χ2v) is 9.84. The molecule has 2 saturated heterocycles. The Morgan fingerprint density at radius 3 is 2.64 bits per heavy atom. The maximum absolute atomic E-state index is 12.8. The van der Waals surface area contributed by atoms with Crippen molar-refractivity contribution in [3.8, 4) is 0 Å². The lowest BCUT2D eigenvalue weighted by molar-refractivity contribution is -0.222. The number of hydroxylamine groups is 2. The zero-order valence-electron chi connectivity index (χ0n) is 21.8. The predicted octanol–water partition coefficient (Wildman–Crippen LogP) is 3.07. The van der Waals surface area contributed by atoms with Gasteiger partial charge in [-0.3, -0.25) is 14.2 Å². The SMILES string of the molecule is COC[C@@]12CN(C)OC[C@@H](C(n3cnc4c(NC(=O)c5ccccc5)ncnc43)O1)[C@@H]2OCc1ccccc1. The molecule has 202 valence electrons. The van der Waals surface area contributed by atoms with Crippen LogP contribution in [-0.4, -0.2) is 76.1 Å². The lowest BCUT2D eigenvalue weighted by Gasteiger charge is -2.35. The van der Waals surface area contributed by atoms with Gasteiger partial charge in [-0.15, -0.1) is 0 Å². The molecule has 2 aliphatic heterocycles. The summed E-state index contributed by atoms with van der Waals surface area (Å²) in [5.41, 5.74) is 1.80. The first-order valence-electron chi connectivity index (χ1n) is 12.8. The number of ether oxygens (including phenoxy) is 3. The third kappa shape index (κ3) is 4.90. The highest BCUT2D eigenvalue weighted by atomic mass is 16.7. The highest BCUT2D eigenvalue weighted by molar-refractivity contribution is 6.06. The highest BCUT2D eigenvalue weighted by Crippen LogP contribution is 2.47. The number of aromatic nitrogens is 4. The molecule has 0 saturated carbocycles. The van der Waals surface area contributed by atoms with E-state index >= 15 is 0 Å². The van der Waals surface area contributed by atoms with Crippen LogP contribution in [0.25, 0.3) is 11.2 Å². The number of imidazole rings is 1. The highest BCUT2D eigenvalue weighted by Gasteiger charge is 2.59. The van der Waals surface area contributed by atoms with Crippen LogP contribution in [0.3, 0.4) is 0 Å². The Morgan fingerprint density at radius 1 is 1.10 bits per heavy atom. The molecule has 0 aliphatic carbocycles. The second-order valence-electron chi connectivity index (χ2n) is 9.84. The molecule has 11 nitrogen and oxygen atoms in total. The number of carbonyl (C=O) groups is 1. The van der Waals surface area contributed by atoms with Crippen molar-refractivity contribution in [2.24, 2.45) is 5.92 Å². The minimum Gasteiger partial charge on any atom is -0.382 e. The summed E-state index contributed by atoms with van der Waals surface area (Å²) in [7, 11) is 3.54. The van der Waals surface area contributed by atoms with Gasteiger partial charge in [-0.2, -0.15) is 5.06 Å². The predicted molar refractivity (Wildman–Crippen MR) is 142 cm³/mol. The van der Waals surface area contributed by atoms with Gasteiger partial charge in [0, 0.05) is 19.7 Å². The normalized spacial score (nSPS) is 25.0. The number of nitrogens with zero attached hydrogens (tertiary/aromatic N) is 5. The quantitative estimate of drug-likeness (QED) is 0.367. The Labute approximate surface area is 225 Å². The van der Waals surface area contributed by atoms with E-state index in [9.17, 15) is 4.79 Å². The lowest BCUT2D eigenvalue weighted by Crippen LogP contribution is -2.52. The summed E-state index contributed by atoms with van der Waals surface area (Å²) in [6.45, 7) is 1.56. The number of fused-ring (bicyclic) bond motifs is 3. The van der Waals surface area contributed by atoms with Crippen LogP contribution in [-0.2, 0) is 25.7 Å². The molecule has 4 atom stereocenters. The van der Waals surface area contributed by atoms with Gasteiger partial charge in [-0.1, -0.05) is 48.5 Å². The van der Waals surface area contributed by atoms with Gasteiger partial charge >= 0.3 is 0 Å². The third-order valence-electron chi connectivity index (χ3n) is 7.17. The molecule has 4 aromatic rings. The van der Waals surface area contributed by atoms with Crippen LogP contribution in [0.2, 0.25) is 0 Å². The van der Waals surface area contributed by atoms with Gasteiger partial charge in [0.25, 0.3) is 5.91 Å². The molecule has 4 heterocycles. The fourth-order valence-corrected chi connectivity index (χ4v) is 5.47. The number of rotatable bonds is 8. The van der Waals surface area contributed by atoms with Gasteiger partial charge in [0.1, 0.15) is 24.3 Å². The molecular formula is C28H30N6O5. The molecular weight excluding hydrogens is 500 g/mol. The summed E-state index contributed by atoms with van der Waals surface area (Å²) in [5, 5.41) is 4.64. The van der Waals surface area contributed by atoms with Crippen LogP contribution in [0.5, 0.6) is 0 Å². The molecule has 2 fully saturated rings. The summed E-state index contributed by atoms with van der Waals surface area (Å²) in [6.07, 6.45) is 2.25. The van der Waals surface area contributed by atoms with Crippen molar-refractivity contribution in [3.05, 3.63) is 84.4 Å². The van der Waals surface area contributed by atoms with Crippen LogP contribution in [0.15, 0.2) is 73.3 Å². The zero-order valence-corrected chi connectivity index (χ0v) is 21.8. The number of amides is 1. The minimum atomic E-state index is -0.794. The standard InChI is InChI=1S/C28H30N6O5/c1-33-15-28(16-36-2)23(37-13-19-9-5-3-6-10-19)21(14-38-33)27(39-28)34-18-31-22-24(29-17-30-25(22)34)32-26(35)20-11-7-4-8-12-20/h3-12,17-18,21,23,27H,13-16H2,1-2H3,(H,29,30,32,35)/t21-,23+,27?,28-/m1/s1. The number of carbonyl (C=O) groups excluding carboxylic acids is 1. The molecule has 1 unspecified atom stereocenters. The smallest absolute Gasteiger partial charge is 0.256 e. The van der Waals surface area contributed by atoms with Crippen molar-refractivity contribution < 1.29 is 23.8 Å². The van der Waals surface area contributed by atoms with Gasteiger partial charge in [-0.05, 0) is 17.7 Å². The van der Waals surface area contributed by atoms with Gasteiger partial charge in [0.15, 0.2) is 17.0 Å². The molecule has 1 amide bonds. The van der Waals surface area contributed by atoms with E-state index in [1.807, 2.05) is 60.1 Å². The van der Waals surface area contributed by atoms with Crippen molar-refractivity contribution in [2.45, 2.75) is 24.5 Å². The monoisotopic (exact) mass is 530 g/mol. The zero-order chi connectivity index (χ0) is 26.8. The number of hydrogen-bond acceptors (Lipinski definition) is 9. The van der Waals surface area contributed by atoms with E-state index in [1.165, 1.54) is 6.33 Å². The first kappa shape index (κ1) is 25.5. The summed E-state index contributed by atoms with van der Waals surface area (Å²) < 4.78 is 20.9. The van der Waals surface area contributed by atoms with Gasteiger partial charge in [0.05, 0.1) is 38.6 Å². The molecule has 0 radical (unpaired) electrons. The fourth-order valence-electron chi connectivity index (χ4n) is 5.47. The van der Waals surface area contributed by atoms with E-state index in [-0.39, 0.29) is 17.9 Å². The number of methoxy groups -OCH3 is 1. The van der Waals surface area contributed by atoms with Crippen LogP contribution < -0.4 is 5.32 Å². The second kappa shape index (κ2) is 10.8. The minimum absolute atomic E-state index is 0.191. The van der Waals surface area contributed by atoms with E-state index in [2.05, 4.69) is 20.3 Å². The Morgan fingerprint density at radius 2 is 1.87 bits per heavy atom. The van der Waals surface area contributed by atoms with Gasteiger partial charge in [0.2, 0.25) is 0 Å². The maximum Gasteiger partial charge on any atom is 0.256 e. The van der Waals surface area contributed by atoms with E-state index in [1.54, 1.807) is 30.6 Å². The van der Waals surface area contributed by atoms with Crippen molar-refractivity contribution in [3.63, 3.8) is 0 Å². The largest absolute Gasteiger partial charge is 0.382 e. The molecule has 11 heteroatoms. The third-order valence-corrected chi connectivity index (χ3v) is 7.17. The molecule has 2 aromatic carbocycles. The number of nitrogens with one attached hydrogen (secondary N) is 1. The van der Waals surface area contributed by atoms with Crippen LogP contribution in [0.1, 0.15) is 22.1 Å². The summed E-state index contributed by atoms with van der Waals surface area (Å²) in [5.74, 6) is -0.145. The van der Waals surface area contributed by atoms with Crippen molar-refractivity contribution >= 4 is 22.9 Å². The van der Waals surface area contributed by atoms with Crippen molar-refractivity contribution in [1.29, 1.82) is 0 Å². The summed E-state index contributed by atoms with van der Waals surface area (Å²) >= 11 is 0. The number of benzene rings is 2. The average Bonchev–Trinajstić information content (AvgIpc) is 3.47. The Kier molecular flexibility index (Phi) is 7.07. The van der Waals surface area contributed by atoms with Gasteiger partial charge in [-0.25, -0.2) is 15.0 Å². The molecule has 2 bridgehead atoms. The molecule has 2 aliphatic rings. The van der Waals surface area contributed by atoms with E-state index in [0.29, 0.717) is 48.9 Å². The van der Waals surface area contributed by atoms with Crippen LogP contribution in [0, 0.1) is 5.92 Å². The Balaban J connectivity index is 1.33. The van der Waals surface area contributed by atoms with Crippen molar-refractivity contribution in [2.75, 3.05) is 39.2 Å². The summed E-state index contributed by atoms with van der Waals surface area (Å²) in [6, 6.07) is 19.0. The molecule has 6 rings (SSSR count). The Bertz CT molecular complexity index is 1430. The molecule has 39 heavy (non-hydrogen) atoms. The first-order valence-corrected chi connectivity index (χ1v) is 12.8. The van der Waals surface area contributed by atoms with Gasteiger partial charge < -0.3 is 19.5 Å². The summed E-state index contributed by atoms with van der Waals surface area (Å²) in [4.78, 5) is 32.2. The number of anilines is 1. The maximum atomic E-state index is 12.8. The van der Waals surface area contributed by atoms with E-state index in [0.717, 1.165) is 5.56 Å². The molecule has 0 spiro atoms.